The van der Waals surface area contributed by atoms with Gasteiger partial charge in [0, 0.05) is 5.69 Å². The normalized spacial score (nSPS) is 11.3. The van der Waals surface area contributed by atoms with E-state index in [2.05, 4.69) is 10.4 Å². The second-order valence-electron chi connectivity index (χ2n) is 6.22. The first-order valence-corrected chi connectivity index (χ1v) is 9.45. The van der Waals surface area contributed by atoms with E-state index in [4.69, 9.17) is 9.47 Å². The molecule has 0 radical (unpaired) electrons. The average molecular weight is 437 g/mol. The summed E-state index contributed by atoms with van der Waals surface area (Å²) in [5.41, 5.74) is 1.49. The Balaban J connectivity index is 1.98. The number of carbonyl (C=O) groups is 2. The maximum Gasteiger partial charge on any atom is 0.416 e. The second kappa shape index (κ2) is 11.0. The molecule has 0 saturated carbocycles. The molecule has 2 rings (SSSR count). The zero-order valence-electron chi connectivity index (χ0n) is 17.0. The predicted octanol–water partition coefficient (Wildman–Crippen LogP) is 3.98. The molecule has 0 unspecified atom stereocenters. The average Bonchev–Trinajstić information content (AvgIpc) is 2.73. The number of hydrazone groups is 1. The highest BCUT2D eigenvalue weighted by Crippen LogP contribution is 2.30. The van der Waals surface area contributed by atoms with E-state index < -0.39 is 23.6 Å². The fraction of sp³-hybridized carbons (Fsp3) is 0.286. The van der Waals surface area contributed by atoms with Crippen molar-refractivity contribution in [1.82, 2.24) is 5.43 Å². The summed E-state index contributed by atoms with van der Waals surface area (Å²) in [6, 6.07) is 8.99. The third-order valence-electron chi connectivity index (χ3n) is 3.76. The molecule has 2 aromatic carbocycles. The van der Waals surface area contributed by atoms with E-state index in [-0.39, 0.29) is 5.69 Å². The SMILES string of the molecule is CCCOc1ccc(/C=N\NC(=O)C(=O)Nc2cccc(C(F)(F)F)c2)cc1OCC. The van der Waals surface area contributed by atoms with Gasteiger partial charge in [-0.15, -0.1) is 0 Å². The van der Waals surface area contributed by atoms with Crippen LogP contribution in [-0.2, 0) is 15.8 Å². The van der Waals surface area contributed by atoms with E-state index in [1.807, 2.05) is 19.3 Å². The monoisotopic (exact) mass is 437 g/mol. The quantitative estimate of drug-likeness (QED) is 0.371. The summed E-state index contributed by atoms with van der Waals surface area (Å²) in [5.74, 6) is -1.21. The lowest BCUT2D eigenvalue weighted by atomic mass is 10.2. The van der Waals surface area contributed by atoms with Crippen LogP contribution in [0.25, 0.3) is 0 Å². The highest BCUT2D eigenvalue weighted by molar-refractivity contribution is 6.39. The molecule has 2 aromatic rings. The van der Waals surface area contributed by atoms with Crippen LogP contribution in [0.4, 0.5) is 18.9 Å². The Bertz CT molecular complexity index is 946. The summed E-state index contributed by atoms with van der Waals surface area (Å²) in [6.45, 7) is 4.76. The highest BCUT2D eigenvalue weighted by Gasteiger charge is 2.30. The maximum absolute atomic E-state index is 12.7. The van der Waals surface area contributed by atoms with Crippen LogP contribution in [-0.4, -0.2) is 31.2 Å². The first kappa shape index (κ1) is 23.7. The van der Waals surface area contributed by atoms with Crippen LogP contribution >= 0.6 is 0 Å². The van der Waals surface area contributed by atoms with Crippen molar-refractivity contribution in [2.45, 2.75) is 26.4 Å². The zero-order valence-corrected chi connectivity index (χ0v) is 17.0. The van der Waals surface area contributed by atoms with Crippen LogP contribution in [0.1, 0.15) is 31.4 Å². The van der Waals surface area contributed by atoms with Crippen LogP contribution < -0.4 is 20.2 Å². The minimum atomic E-state index is -4.56. The molecule has 10 heteroatoms. The number of amides is 2. The smallest absolute Gasteiger partial charge is 0.416 e. The largest absolute Gasteiger partial charge is 0.490 e. The molecule has 166 valence electrons. The van der Waals surface area contributed by atoms with E-state index >= 15 is 0 Å². The van der Waals surface area contributed by atoms with Gasteiger partial charge in [-0.2, -0.15) is 18.3 Å². The molecule has 0 saturated heterocycles. The number of anilines is 1. The van der Waals surface area contributed by atoms with Gasteiger partial charge in [0.15, 0.2) is 11.5 Å². The maximum atomic E-state index is 12.7. The Morgan fingerprint density at radius 2 is 1.81 bits per heavy atom. The standard InChI is InChI=1S/C21H22F3N3O4/c1-3-10-31-17-9-8-14(11-18(17)30-4-2)13-25-27-20(29)19(28)26-16-7-5-6-15(12-16)21(22,23)24/h5-9,11-13H,3-4,10H2,1-2H3,(H,26,28)(H,27,29)/b25-13-. The Kier molecular flexibility index (Phi) is 8.42. The predicted molar refractivity (Wildman–Crippen MR) is 109 cm³/mol. The minimum Gasteiger partial charge on any atom is -0.490 e. The van der Waals surface area contributed by atoms with E-state index in [1.165, 1.54) is 12.3 Å². The minimum absolute atomic E-state index is 0.164. The molecule has 0 heterocycles. The Labute approximate surface area is 177 Å². The van der Waals surface area contributed by atoms with Gasteiger partial charge in [0.25, 0.3) is 0 Å². The van der Waals surface area contributed by atoms with Crippen LogP contribution in [0.3, 0.4) is 0 Å². The lowest BCUT2D eigenvalue weighted by molar-refractivity contribution is -0.137. The van der Waals surface area contributed by atoms with E-state index in [1.54, 1.807) is 18.2 Å². The number of carbonyl (C=O) groups excluding carboxylic acids is 2. The van der Waals surface area contributed by atoms with Crippen molar-refractivity contribution in [1.29, 1.82) is 0 Å². The molecule has 2 N–H and O–H groups in total. The molecule has 0 atom stereocenters. The van der Waals surface area contributed by atoms with Gasteiger partial charge in [-0.25, -0.2) is 5.43 Å². The van der Waals surface area contributed by atoms with E-state index in [0.717, 1.165) is 24.6 Å². The third-order valence-corrected chi connectivity index (χ3v) is 3.76. The first-order chi connectivity index (χ1) is 14.7. The summed E-state index contributed by atoms with van der Waals surface area (Å²) in [5, 5.41) is 5.79. The number of ether oxygens (including phenoxy) is 2. The van der Waals surface area contributed by atoms with Gasteiger partial charge in [-0.3, -0.25) is 9.59 Å². The first-order valence-electron chi connectivity index (χ1n) is 9.45. The van der Waals surface area contributed by atoms with E-state index in [9.17, 15) is 22.8 Å². The van der Waals surface area contributed by atoms with Crippen LogP contribution in [0, 0.1) is 0 Å². The number of rotatable bonds is 8. The molecule has 0 aliphatic rings. The fourth-order valence-electron chi connectivity index (χ4n) is 2.38. The topological polar surface area (TPSA) is 89.0 Å². The number of nitrogens with zero attached hydrogens (tertiary/aromatic N) is 1. The third kappa shape index (κ3) is 7.32. The van der Waals surface area contributed by atoms with Gasteiger partial charge in [0.05, 0.1) is 25.0 Å². The molecule has 31 heavy (non-hydrogen) atoms. The molecule has 7 nitrogen and oxygen atoms in total. The Hall–Kier alpha value is -3.56. The summed E-state index contributed by atoms with van der Waals surface area (Å²) in [7, 11) is 0. The summed E-state index contributed by atoms with van der Waals surface area (Å²) in [6.07, 6.45) is -2.43. The van der Waals surface area contributed by atoms with Crippen molar-refractivity contribution >= 4 is 23.7 Å². The molecular weight excluding hydrogens is 415 g/mol. The van der Waals surface area contributed by atoms with Crippen molar-refractivity contribution in [2.75, 3.05) is 18.5 Å². The molecular formula is C21H22F3N3O4. The molecule has 0 spiro atoms. The van der Waals surface area contributed by atoms with Crippen molar-refractivity contribution in [3.63, 3.8) is 0 Å². The lowest BCUT2D eigenvalue weighted by Crippen LogP contribution is -2.32. The number of halogens is 3. The number of hydrogen-bond donors (Lipinski definition) is 2. The van der Waals surface area contributed by atoms with Crippen LogP contribution in [0.5, 0.6) is 11.5 Å². The fourth-order valence-corrected chi connectivity index (χ4v) is 2.38. The number of alkyl halides is 3. The second-order valence-corrected chi connectivity index (χ2v) is 6.22. The number of nitrogens with one attached hydrogen (secondary N) is 2. The van der Waals surface area contributed by atoms with Crippen molar-refractivity contribution in [3.05, 3.63) is 53.6 Å². The molecule has 0 aliphatic heterocycles. The van der Waals surface area contributed by atoms with Crippen molar-refractivity contribution in [2.24, 2.45) is 5.10 Å². The molecule has 0 fully saturated rings. The van der Waals surface area contributed by atoms with Crippen LogP contribution in [0.15, 0.2) is 47.6 Å². The summed E-state index contributed by atoms with van der Waals surface area (Å²) >= 11 is 0. The van der Waals surface area contributed by atoms with Gasteiger partial charge in [-0.05, 0) is 55.3 Å². The molecule has 0 bridgehead atoms. The zero-order chi connectivity index (χ0) is 22.9. The number of benzene rings is 2. The molecule has 0 aromatic heterocycles. The lowest BCUT2D eigenvalue weighted by Gasteiger charge is -2.11. The number of hydrogen-bond acceptors (Lipinski definition) is 5. The Morgan fingerprint density at radius 1 is 1.03 bits per heavy atom. The van der Waals surface area contributed by atoms with Gasteiger partial charge in [0.2, 0.25) is 0 Å². The summed E-state index contributed by atoms with van der Waals surface area (Å²) < 4.78 is 49.3. The van der Waals surface area contributed by atoms with E-state index in [0.29, 0.717) is 30.3 Å². The Morgan fingerprint density at radius 3 is 2.48 bits per heavy atom. The van der Waals surface area contributed by atoms with Crippen LogP contribution in [0.2, 0.25) is 0 Å². The van der Waals surface area contributed by atoms with Crippen molar-refractivity contribution < 1.29 is 32.2 Å². The van der Waals surface area contributed by atoms with Gasteiger partial charge in [0.1, 0.15) is 0 Å². The highest BCUT2D eigenvalue weighted by atomic mass is 19.4. The van der Waals surface area contributed by atoms with Gasteiger partial charge in [-0.1, -0.05) is 13.0 Å². The summed E-state index contributed by atoms with van der Waals surface area (Å²) in [4.78, 5) is 23.7. The molecule has 2 amide bonds. The molecule has 0 aliphatic carbocycles. The van der Waals surface area contributed by atoms with Crippen molar-refractivity contribution in [3.8, 4) is 11.5 Å². The van der Waals surface area contributed by atoms with Gasteiger partial charge >= 0.3 is 18.0 Å². The van der Waals surface area contributed by atoms with Gasteiger partial charge < -0.3 is 14.8 Å².